The molecule has 4 nitrogen and oxygen atoms in total. The van der Waals surface area contributed by atoms with Crippen LogP contribution in [-0.4, -0.2) is 68.8 Å². The molecule has 24 heavy (non-hydrogen) atoms. The molecule has 2 heterocycles. The summed E-state index contributed by atoms with van der Waals surface area (Å²) in [6.45, 7) is 12.3. The standard InChI is InChI=1S/C18H28ClN3O.ClH/c1-18(6-7-20-14-18)15-22-10-8-21(9-11-22)12-13-23-17-5-3-2-4-16(17)19;/h2-5,20H,6-15H2,1H3;1H. The Bertz CT molecular complexity index is 501. The number of benzene rings is 1. The van der Waals surface area contributed by atoms with Crippen molar-refractivity contribution in [3.63, 3.8) is 0 Å². The summed E-state index contributed by atoms with van der Waals surface area (Å²) in [5.41, 5.74) is 0.468. The van der Waals surface area contributed by atoms with E-state index in [-0.39, 0.29) is 12.4 Å². The summed E-state index contributed by atoms with van der Waals surface area (Å²) in [4.78, 5) is 5.11. The highest BCUT2D eigenvalue weighted by atomic mass is 35.5. The smallest absolute Gasteiger partial charge is 0.137 e. The molecule has 2 aliphatic rings. The van der Waals surface area contributed by atoms with E-state index < -0.39 is 0 Å². The Kier molecular flexibility index (Phi) is 7.63. The third kappa shape index (κ3) is 5.50. The Morgan fingerprint density at radius 2 is 1.88 bits per heavy atom. The normalized spacial score (nSPS) is 25.4. The van der Waals surface area contributed by atoms with Gasteiger partial charge in [-0.05, 0) is 30.5 Å². The third-order valence-electron chi connectivity index (χ3n) is 5.03. The Morgan fingerprint density at radius 3 is 2.54 bits per heavy atom. The molecule has 2 fully saturated rings. The molecule has 3 rings (SSSR count). The number of hydrogen-bond donors (Lipinski definition) is 1. The number of nitrogens with one attached hydrogen (secondary N) is 1. The maximum Gasteiger partial charge on any atom is 0.137 e. The fourth-order valence-corrected chi connectivity index (χ4v) is 3.75. The first-order valence-electron chi connectivity index (χ1n) is 8.67. The van der Waals surface area contributed by atoms with Crippen LogP contribution in [0.2, 0.25) is 5.02 Å². The van der Waals surface area contributed by atoms with Gasteiger partial charge in [-0.15, -0.1) is 12.4 Å². The zero-order valence-electron chi connectivity index (χ0n) is 14.5. The van der Waals surface area contributed by atoms with E-state index in [2.05, 4.69) is 22.0 Å². The van der Waals surface area contributed by atoms with Crippen molar-refractivity contribution in [3.05, 3.63) is 29.3 Å². The second-order valence-electron chi connectivity index (χ2n) is 7.13. The lowest BCUT2D eigenvalue weighted by molar-refractivity contribution is 0.0882. The highest BCUT2D eigenvalue weighted by Crippen LogP contribution is 2.26. The predicted molar refractivity (Wildman–Crippen MR) is 103 cm³/mol. The molecule has 2 saturated heterocycles. The maximum atomic E-state index is 6.11. The molecule has 0 aromatic heterocycles. The fraction of sp³-hybridized carbons (Fsp3) is 0.667. The minimum atomic E-state index is 0. The van der Waals surface area contributed by atoms with Crippen LogP contribution >= 0.6 is 24.0 Å². The second kappa shape index (κ2) is 9.25. The van der Waals surface area contributed by atoms with Crippen LogP contribution in [0, 0.1) is 5.41 Å². The third-order valence-corrected chi connectivity index (χ3v) is 5.34. The average molecular weight is 374 g/mol. The SMILES string of the molecule is CC1(CN2CCN(CCOc3ccccc3Cl)CC2)CCNC1.Cl. The molecule has 0 amide bonds. The summed E-state index contributed by atoms with van der Waals surface area (Å²) in [6.07, 6.45) is 1.30. The van der Waals surface area contributed by atoms with Gasteiger partial charge in [0.25, 0.3) is 0 Å². The highest BCUT2D eigenvalue weighted by Gasteiger charge is 2.31. The molecule has 1 aromatic carbocycles. The molecule has 136 valence electrons. The molecule has 1 N–H and O–H groups in total. The van der Waals surface area contributed by atoms with E-state index in [1.54, 1.807) is 0 Å². The first-order chi connectivity index (χ1) is 11.1. The van der Waals surface area contributed by atoms with Crippen LogP contribution in [0.25, 0.3) is 0 Å². The Morgan fingerprint density at radius 1 is 1.17 bits per heavy atom. The van der Waals surface area contributed by atoms with Gasteiger partial charge in [0.05, 0.1) is 5.02 Å². The van der Waals surface area contributed by atoms with Crippen LogP contribution in [0.1, 0.15) is 13.3 Å². The average Bonchev–Trinajstić information content (AvgIpc) is 2.97. The van der Waals surface area contributed by atoms with Gasteiger partial charge in [0.15, 0.2) is 0 Å². The molecule has 0 radical (unpaired) electrons. The summed E-state index contributed by atoms with van der Waals surface area (Å²) in [7, 11) is 0. The van der Waals surface area contributed by atoms with Gasteiger partial charge < -0.3 is 15.0 Å². The van der Waals surface area contributed by atoms with Crippen LogP contribution < -0.4 is 10.1 Å². The summed E-state index contributed by atoms with van der Waals surface area (Å²) in [5, 5.41) is 4.19. The lowest BCUT2D eigenvalue weighted by Gasteiger charge is -2.38. The summed E-state index contributed by atoms with van der Waals surface area (Å²) >= 11 is 6.11. The van der Waals surface area contributed by atoms with Gasteiger partial charge in [-0.1, -0.05) is 30.7 Å². The minimum absolute atomic E-state index is 0. The monoisotopic (exact) mass is 373 g/mol. The van der Waals surface area contributed by atoms with E-state index >= 15 is 0 Å². The molecule has 0 aliphatic carbocycles. The molecule has 1 atom stereocenters. The Hall–Kier alpha value is -0.520. The zero-order chi connectivity index (χ0) is 16.1. The number of halogens is 2. The van der Waals surface area contributed by atoms with Crippen LogP contribution in [0.5, 0.6) is 5.75 Å². The number of nitrogens with zero attached hydrogens (tertiary/aromatic N) is 2. The highest BCUT2D eigenvalue weighted by molar-refractivity contribution is 6.32. The minimum Gasteiger partial charge on any atom is -0.491 e. The quantitative estimate of drug-likeness (QED) is 0.829. The van der Waals surface area contributed by atoms with Gasteiger partial charge in [0.2, 0.25) is 0 Å². The van der Waals surface area contributed by atoms with Crippen molar-refractivity contribution in [2.75, 3.05) is 59.0 Å². The molecule has 0 spiro atoms. The van der Waals surface area contributed by atoms with Crippen LogP contribution in [0.3, 0.4) is 0 Å². The predicted octanol–water partition coefficient (Wildman–Crippen LogP) is 2.76. The first-order valence-corrected chi connectivity index (χ1v) is 9.05. The van der Waals surface area contributed by atoms with E-state index in [1.807, 2.05) is 24.3 Å². The van der Waals surface area contributed by atoms with E-state index in [1.165, 1.54) is 39.1 Å². The Labute approximate surface area is 156 Å². The van der Waals surface area contributed by atoms with Gasteiger partial charge in [0, 0.05) is 45.8 Å². The summed E-state index contributed by atoms with van der Waals surface area (Å²) < 4.78 is 5.79. The molecule has 6 heteroatoms. The molecule has 1 unspecified atom stereocenters. The zero-order valence-corrected chi connectivity index (χ0v) is 16.0. The van der Waals surface area contributed by atoms with Crippen molar-refractivity contribution in [1.82, 2.24) is 15.1 Å². The van der Waals surface area contributed by atoms with Crippen LogP contribution in [0.4, 0.5) is 0 Å². The van der Waals surface area contributed by atoms with E-state index in [0.717, 1.165) is 25.4 Å². The summed E-state index contributed by atoms with van der Waals surface area (Å²) in [6, 6.07) is 7.68. The Balaban J connectivity index is 0.00000208. The largest absolute Gasteiger partial charge is 0.491 e. The maximum absolute atomic E-state index is 6.11. The number of piperazine rings is 1. The first kappa shape index (κ1) is 19.8. The number of hydrogen-bond acceptors (Lipinski definition) is 4. The van der Waals surface area contributed by atoms with E-state index in [9.17, 15) is 0 Å². The van der Waals surface area contributed by atoms with Gasteiger partial charge >= 0.3 is 0 Å². The van der Waals surface area contributed by atoms with Gasteiger partial charge in [0.1, 0.15) is 12.4 Å². The molecule has 2 aliphatic heterocycles. The molecule has 0 saturated carbocycles. The van der Waals surface area contributed by atoms with E-state index in [4.69, 9.17) is 16.3 Å². The summed E-state index contributed by atoms with van der Waals surface area (Å²) in [5.74, 6) is 0.787. The molecular formula is C18H29Cl2N3O. The lowest BCUT2D eigenvalue weighted by atomic mass is 9.89. The van der Waals surface area contributed by atoms with Gasteiger partial charge in [-0.3, -0.25) is 4.90 Å². The van der Waals surface area contributed by atoms with Crippen molar-refractivity contribution < 1.29 is 4.74 Å². The van der Waals surface area contributed by atoms with Crippen molar-refractivity contribution in [2.24, 2.45) is 5.41 Å². The number of rotatable bonds is 6. The van der Waals surface area contributed by atoms with Crippen LogP contribution in [-0.2, 0) is 0 Å². The van der Waals surface area contributed by atoms with Crippen molar-refractivity contribution in [2.45, 2.75) is 13.3 Å². The second-order valence-corrected chi connectivity index (χ2v) is 7.54. The van der Waals surface area contributed by atoms with Crippen molar-refractivity contribution in [1.29, 1.82) is 0 Å². The molecule has 1 aromatic rings. The molecular weight excluding hydrogens is 345 g/mol. The van der Waals surface area contributed by atoms with Gasteiger partial charge in [-0.2, -0.15) is 0 Å². The fourth-order valence-electron chi connectivity index (χ4n) is 3.56. The number of para-hydroxylation sites is 1. The topological polar surface area (TPSA) is 27.7 Å². The van der Waals surface area contributed by atoms with E-state index in [0.29, 0.717) is 17.0 Å². The number of ether oxygens (including phenoxy) is 1. The molecule has 0 bridgehead atoms. The van der Waals surface area contributed by atoms with Crippen molar-refractivity contribution in [3.8, 4) is 5.75 Å². The van der Waals surface area contributed by atoms with Gasteiger partial charge in [-0.25, -0.2) is 0 Å². The van der Waals surface area contributed by atoms with Crippen LogP contribution in [0.15, 0.2) is 24.3 Å². The van der Waals surface area contributed by atoms with Crippen molar-refractivity contribution >= 4 is 24.0 Å². The lowest BCUT2D eigenvalue weighted by Crippen LogP contribution is -2.50.